The van der Waals surface area contributed by atoms with E-state index < -0.39 is 0 Å². The quantitative estimate of drug-likeness (QED) is 0.476. The Labute approximate surface area is 191 Å². The zero-order chi connectivity index (χ0) is 22.8. The molecule has 7 heteroatoms. The van der Waals surface area contributed by atoms with Crippen molar-refractivity contribution in [2.45, 2.75) is 13.0 Å². The molecular formula is C26H24FN5O. The first-order chi connectivity index (χ1) is 16.1. The second-order valence-corrected chi connectivity index (χ2v) is 8.21. The van der Waals surface area contributed by atoms with E-state index in [9.17, 15) is 9.18 Å². The summed E-state index contributed by atoms with van der Waals surface area (Å²) in [6.45, 7) is 3.85. The molecule has 0 bridgehead atoms. The fraction of sp³-hybridized carbons (Fsp3) is 0.192. The van der Waals surface area contributed by atoms with E-state index in [1.54, 1.807) is 17.0 Å². The van der Waals surface area contributed by atoms with Crippen LogP contribution in [0.2, 0.25) is 0 Å². The number of hydrogen-bond donors (Lipinski definition) is 1. The summed E-state index contributed by atoms with van der Waals surface area (Å²) >= 11 is 0. The molecule has 1 aliphatic heterocycles. The van der Waals surface area contributed by atoms with Gasteiger partial charge in [-0.05, 0) is 31.2 Å². The molecular weight excluding hydrogens is 417 g/mol. The van der Waals surface area contributed by atoms with Crippen LogP contribution >= 0.6 is 0 Å². The number of hydrogen-bond acceptors (Lipinski definition) is 4. The number of carbonyl (C=O) groups excluding carboxylic acids is 1. The molecule has 3 aromatic carbocycles. The second-order valence-electron chi connectivity index (χ2n) is 8.21. The predicted molar refractivity (Wildman–Crippen MR) is 129 cm³/mol. The summed E-state index contributed by atoms with van der Waals surface area (Å²) < 4.78 is 13.1. The molecule has 0 unspecified atom stereocenters. The van der Waals surface area contributed by atoms with Gasteiger partial charge in [-0.2, -0.15) is 0 Å². The van der Waals surface area contributed by atoms with Gasteiger partial charge in [0, 0.05) is 47.7 Å². The number of carbonyl (C=O) groups is 1. The van der Waals surface area contributed by atoms with Gasteiger partial charge in [-0.15, -0.1) is 10.2 Å². The van der Waals surface area contributed by atoms with Gasteiger partial charge in [-0.1, -0.05) is 54.6 Å². The van der Waals surface area contributed by atoms with Crippen LogP contribution in [0.1, 0.15) is 6.92 Å². The van der Waals surface area contributed by atoms with Crippen LogP contribution in [-0.4, -0.2) is 46.8 Å². The van der Waals surface area contributed by atoms with Crippen molar-refractivity contribution in [3.8, 4) is 11.3 Å². The number of fused-ring (bicyclic) bond motifs is 1. The molecule has 1 atom stereocenters. The fourth-order valence-corrected chi connectivity index (χ4v) is 4.31. The van der Waals surface area contributed by atoms with Gasteiger partial charge in [0.15, 0.2) is 5.82 Å². The number of anilines is 2. The number of piperazine rings is 1. The van der Waals surface area contributed by atoms with Gasteiger partial charge in [0.25, 0.3) is 0 Å². The molecule has 33 heavy (non-hydrogen) atoms. The monoisotopic (exact) mass is 441 g/mol. The molecule has 1 aromatic heterocycles. The minimum atomic E-state index is -0.332. The molecule has 1 aliphatic rings. The Hall–Kier alpha value is -4.00. The number of nitrogens with zero attached hydrogens (tertiary/aromatic N) is 4. The zero-order valence-corrected chi connectivity index (χ0v) is 18.3. The standard InChI is InChI=1S/C26H24FN5O/c1-18-17-31(15-16-32(18)26(33)28-21-13-11-20(27)12-14-21)25-23-10-6-5-9-22(23)24(29-30-25)19-7-3-2-4-8-19/h2-14,18H,15-17H2,1H3,(H,28,33)/t18-/m0/s1. The van der Waals surface area contributed by atoms with Gasteiger partial charge in [0.05, 0.1) is 0 Å². The van der Waals surface area contributed by atoms with Crippen molar-refractivity contribution in [3.63, 3.8) is 0 Å². The fourth-order valence-electron chi connectivity index (χ4n) is 4.31. The van der Waals surface area contributed by atoms with Gasteiger partial charge in [0.2, 0.25) is 0 Å². The Balaban J connectivity index is 1.37. The summed E-state index contributed by atoms with van der Waals surface area (Å²) in [6.07, 6.45) is 0. The van der Waals surface area contributed by atoms with Crippen LogP contribution in [0, 0.1) is 5.82 Å². The molecule has 0 saturated carbocycles. The number of urea groups is 1. The third-order valence-electron chi connectivity index (χ3n) is 6.00. The lowest BCUT2D eigenvalue weighted by Gasteiger charge is -2.40. The average molecular weight is 442 g/mol. The first-order valence-electron chi connectivity index (χ1n) is 11.0. The zero-order valence-electron chi connectivity index (χ0n) is 18.3. The van der Waals surface area contributed by atoms with E-state index in [1.165, 1.54) is 12.1 Å². The number of halogens is 1. The van der Waals surface area contributed by atoms with Crippen molar-refractivity contribution in [1.82, 2.24) is 15.1 Å². The van der Waals surface area contributed by atoms with E-state index >= 15 is 0 Å². The van der Waals surface area contributed by atoms with Crippen LogP contribution in [0.3, 0.4) is 0 Å². The minimum Gasteiger partial charge on any atom is -0.351 e. The lowest BCUT2D eigenvalue weighted by Crippen LogP contribution is -2.55. The van der Waals surface area contributed by atoms with Crippen LogP contribution in [0.4, 0.5) is 20.7 Å². The van der Waals surface area contributed by atoms with E-state index in [0.29, 0.717) is 25.3 Å². The van der Waals surface area contributed by atoms with Crippen LogP contribution in [0.25, 0.3) is 22.0 Å². The van der Waals surface area contributed by atoms with E-state index in [-0.39, 0.29) is 17.9 Å². The third-order valence-corrected chi connectivity index (χ3v) is 6.00. The maximum Gasteiger partial charge on any atom is 0.322 e. The van der Waals surface area contributed by atoms with Crippen molar-refractivity contribution >= 4 is 28.3 Å². The molecule has 0 aliphatic carbocycles. The van der Waals surface area contributed by atoms with Gasteiger partial charge in [0.1, 0.15) is 11.5 Å². The molecule has 5 rings (SSSR count). The van der Waals surface area contributed by atoms with E-state index in [2.05, 4.69) is 32.5 Å². The number of nitrogens with one attached hydrogen (secondary N) is 1. The first-order valence-corrected chi connectivity index (χ1v) is 11.0. The highest BCUT2D eigenvalue weighted by atomic mass is 19.1. The molecule has 6 nitrogen and oxygen atoms in total. The highest BCUT2D eigenvalue weighted by Crippen LogP contribution is 2.32. The molecule has 1 saturated heterocycles. The van der Waals surface area contributed by atoms with Gasteiger partial charge >= 0.3 is 6.03 Å². The number of rotatable bonds is 3. The number of aromatic nitrogens is 2. The molecule has 1 N–H and O–H groups in total. The number of amides is 2. The third kappa shape index (κ3) is 4.22. The Morgan fingerprint density at radius 2 is 1.61 bits per heavy atom. The molecule has 166 valence electrons. The van der Waals surface area contributed by atoms with Crippen molar-refractivity contribution in [2.24, 2.45) is 0 Å². The Morgan fingerprint density at radius 3 is 2.33 bits per heavy atom. The Morgan fingerprint density at radius 1 is 0.909 bits per heavy atom. The topological polar surface area (TPSA) is 61.4 Å². The van der Waals surface area contributed by atoms with Crippen LogP contribution in [0.15, 0.2) is 78.9 Å². The maximum absolute atomic E-state index is 13.1. The molecule has 2 amide bonds. The van der Waals surface area contributed by atoms with Crippen LogP contribution in [-0.2, 0) is 0 Å². The second kappa shape index (κ2) is 8.86. The Kier molecular flexibility index (Phi) is 5.60. The lowest BCUT2D eigenvalue weighted by atomic mass is 10.0. The molecule has 4 aromatic rings. The van der Waals surface area contributed by atoms with Crippen molar-refractivity contribution in [3.05, 3.63) is 84.7 Å². The summed E-state index contributed by atoms with van der Waals surface area (Å²) in [7, 11) is 0. The van der Waals surface area contributed by atoms with Crippen molar-refractivity contribution in [2.75, 3.05) is 29.9 Å². The lowest BCUT2D eigenvalue weighted by molar-refractivity contribution is 0.184. The maximum atomic E-state index is 13.1. The molecule has 0 spiro atoms. The summed E-state index contributed by atoms with van der Waals surface area (Å²) in [5, 5.41) is 14.1. The highest BCUT2D eigenvalue weighted by Gasteiger charge is 2.29. The smallest absolute Gasteiger partial charge is 0.322 e. The number of benzene rings is 3. The normalized spacial score (nSPS) is 16.1. The minimum absolute atomic E-state index is 0.0337. The van der Waals surface area contributed by atoms with Crippen LogP contribution < -0.4 is 10.2 Å². The Bertz CT molecular complexity index is 1280. The van der Waals surface area contributed by atoms with Gasteiger partial charge < -0.3 is 15.1 Å². The molecule has 1 fully saturated rings. The SMILES string of the molecule is C[C@H]1CN(c2nnc(-c3ccccc3)c3ccccc23)CCN1C(=O)Nc1ccc(F)cc1. The van der Waals surface area contributed by atoms with E-state index in [1.807, 2.05) is 49.4 Å². The summed E-state index contributed by atoms with van der Waals surface area (Å²) in [4.78, 5) is 16.8. The molecule has 2 heterocycles. The highest BCUT2D eigenvalue weighted by molar-refractivity contribution is 6.00. The molecule has 0 radical (unpaired) electrons. The first kappa shape index (κ1) is 20.9. The van der Waals surface area contributed by atoms with Gasteiger partial charge in [-0.3, -0.25) is 0 Å². The van der Waals surface area contributed by atoms with Gasteiger partial charge in [-0.25, -0.2) is 9.18 Å². The largest absolute Gasteiger partial charge is 0.351 e. The summed E-state index contributed by atoms with van der Waals surface area (Å²) in [6, 6.07) is 23.8. The van der Waals surface area contributed by atoms with Crippen molar-refractivity contribution < 1.29 is 9.18 Å². The van der Waals surface area contributed by atoms with Crippen LogP contribution in [0.5, 0.6) is 0 Å². The summed E-state index contributed by atoms with van der Waals surface area (Å²) in [5.74, 6) is 0.498. The average Bonchev–Trinajstić information content (AvgIpc) is 2.85. The van der Waals surface area contributed by atoms with E-state index in [0.717, 1.165) is 27.8 Å². The van der Waals surface area contributed by atoms with E-state index in [4.69, 9.17) is 0 Å². The predicted octanol–water partition coefficient (Wildman–Crippen LogP) is 5.18. The summed E-state index contributed by atoms with van der Waals surface area (Å²) in [5.41, 5.74) is 2.47. The van der Waals surface area contributed by atoms with Crippen molar-refractivity contribution in [1.29, 1.82) is 0 Å².